The van der Waals surface area contributed by atoms with E-state index in [1.807, 2.05) is 43.3 Å². The van der Waals surface area contributed by atoms with Crippen LogP contribution >= 0.6 is 7.82 Å². The molecule has 2 N–H and O–H groups in total. The Morgan fingerprint density at radius 2 is 1.46 bits per heavy atom. The minimum Gasteiger partial charge on any atom is -0.489 e. The van der Waals surface area contributed by atoms with Crippen LogP contribution in [0.4, 0.5) is 4.79 Å². The molecular weight excluding hydrogens is 525 g/mol. The van der Waals surface area contributed by atoms with Gasteiger partial charge in [0.25, 0.3) is 0 Å². The molecule has 10 nitrogen and oxygen atoms in total. The molecule has 3 rings (SSSR count). The Bertz CT molecular complexity index is 1260. The van der Waals surface area contributed by atoms with Crippen molar-refractivity contribution in [1.29, 1.82) is 0 Å². The molecule has 0 aliphatic rings. The maximum atomic E-state index is 13.0. The first kappa shape index (κ1) is 29.9. The van der Waals surface area contributed by atoms with Crippen LogP contribution in [0.3, 0.4) is 0 Å². The Balaban J connectivity index is 1.87. The lowest BCUT2D eigenvalue weighted by Crippen LogP contribution is -2.46. The van der Waals surface area contributed by atoms with Gasteiger partial charge >= 0.3 is 19.9 Å². The number of carbonyl (C=O) groups excluding carboxylic acids is 2. The number of amides is 1. The zero-order chi connectivity index (χ0) is 28.3. The molecule has 0 aromatic heterocycles. The first-order chi connectivity index (χ1) is 18.7. The summed E-state index contributed by atoms with van der Waals surface area (Å²) in [5.41, 5.74) is 3.07. The van der Waals surface area contributed by atoms with E-state index in [1.54, 1.807) is 49.4 Å². The van der Waals surface area contributed by atoms with Crippen LogP contribution < -0.4 is 4.74 Å². The summed E-state index contributed by atoms with van der Waals surface area (Å²) in [4.78, 5) is 44.9. The van der Waals surface area contributed by atoms with Crippen molar-refractivity contribution in [2.24, 2.45) is 0 Å². The van der Waals surface area contributed by atoms with Gasteiger partial charge in [-0.3, -0.25) is 0 Å². The summed E-state index contributed by atoms with van der Waals surface area (Å²) in [6, 6.07) is 22.0. The van der Waals surface area contributed by atoms with Gasteiger partial charge in [-0.15, -0.1) is 0 Å². The molecule has 11 heteroatoms. The molecule has 0 saturated carbocycles. The monoisotopic (exact) mass is 557 g/mol. The molecule has 0 bridgehead atoms. The number of aryl methyl sites for hydroxylation is 1. The number of phosphoric acid groups is 1. The maximum absolute atomic E-state index is 13.0. The topological polar surface area (TPSA) is 132 Å². The summed E-state index contributed by atoms with van der Waals surface area (Å²) in [6.45, 7) is 3.63. The van der Waals surface area contributed by atoms with Crippen LogP contribution in [0.1, 0.15) is 36.1 Å². The lowest BCUT2D eigenvalue weighted by atomic mass is 10.0. The van der Waals surface area contributed by atoms with Crippen molar-refractivity contribution in [2.45, 2.75) is 45.9 Å². The minimum atomic E-state index is -5.26. The zero-order valence-electron chi connectivity index (χ0n) is 21.8. The van der Waals surface area contributed by atoms with Gasteiger partial charge in [0, 0.05) is 6.42 Å². The Morgan fingerprint density at radius 1 is 0.846 bits per heavy atom. The van der Waals surface area contributed by atoms with Crippen LogP contribution in [-0.4, -0.2) is 39.6 Å². The van der Waals surface area contributed by atoms with Crippen molar-refractivity contribution in [2.75, 3.05) is 6.61 Å². The lowest BCUT2D eigenvalue weighted by molar-refractivity contribution is -0.164. The van der Waals surface area contributed by atoms with Gasteiger partial charge in [0.1, 0.15) is 19.0 Å². The number of hydrogen-bond donors (Lipinski definition) is 2. The van der Waals surface area contributed by atoms with Crippen molar-refractivity contribution < 1.29 is 42.8 Å². The molecule has 0 unspecified atom stereocenters. The molecule has 0 radical (unpaired) electrons. The van der Waals surface area contributed by atoms with Crippen molar-refractivity contribution >= 4 is 19.9 Å². The highest BCUT2D eigenvalue weighted by Crippen LogP contribution is 2.39. The van der Waals surface area contributed by atoms with E-state index in [4.69, 9.17) is 14.2 Å². The Kier molecular flexibility index (Phi) is 11.1. The number of carbonyl (C=O) groups is 2. The van der Waals surface area contributed by atoms with Gasteiger partial charge in [0.2, 0.25) is 0 Å². The fraction of sp³-hybridized carbons (Fsp3) is 0.286. The number of hydrogen-bond acceptors (Lipinski definition) is 7. The van der Waals surface area contributed by atoms with E-state index in [2.05, 4.69) is 4.62 Å². The largest absolute Gasteiger partial charge is 0.491 e. The maximum Gasteiger partial charge on any atom is 0.491 e. The predicted molar refractivity (Wildman–Crippen MR) is 142 cm³/mol. The van der Waals surface area contributed by atoms with Crippen LogP contribution in [0.15, 0.2) is 78.9 Å². The van der Waals surface area contributed by atoms with Gasteiger partial charge < -0.3 is 24.0 Å². The molecular formula is C28H32NO9P. The SMILES string of the molecule is CCOC(=O)[C@H](Cc1ccc(CC)c(OCc2ccccc2)c1)N(OP(=O)(O)O)C(=O)OCc1ccccc1. The van der Waals surface area contributed by atoms with Gasteiger partial charge in [0.05, 0.1) is 6.61 Å². The van der Waals surface area contributed by atoms with Gasteiger partial charge in [-0.25, -0.2) is 14.2 Å². The van der Waals surface area contributed by atoms with Gasteiger partial charge in [-0.2, -0.15) is 9.69 Å². The summed E-state index contributed by atoms with van der Waals surface area (Å²) >= 11 is 0. The van der Waals surface area contributed by atoms with Gasteiger partial charge in [-0.1, -0.05) is 79.7 Å². The smallest absolute Gasteiger partial charge is 0.489 e. The summed E-state index contributed by atoms with van der Waals surface area (Å²) < 4.78 is 32.8. The predicted octanol–water partition coefficient (Wildman–Crippen LogP) is 4.97. The second-order valence-electron chi connectivity index (χ2n) is 8.48. The van der Waals surface area contributed by atoms with Crippen LogP contribution in [-0.2, 0) is 49.5 Å². The molecule has 1 atom stereocenters. The second kappa shape index (κ2) is 14.5. The van der Waals surface area contributed by atoms with Crippen molar-refractivity contribution in [3.8, 4) is 5.75 Å². The van der Waals surface area contributed by atoms with Gasteiger partial charge in [-0.05, 0) is 41.7 Å². The van der Waals surface area contributed by atoms with E-state index in [1.165, 1.54) is 0 Å². The van der Waals surface area contributed by atoms with Gasteiger partial charge in [0.15, 0.2) is 6.04 Å². The summed E-state index contributed by atoms with van der Waals surface area (Å²) in [5.74, 6) is -0.343. The highest BCUT2D eigenvalue weighted by Gasteiger charge is 2.38. The summed E-state index contributed by atoms with van der Waals surface area (Å²) in [7, 11) is -5.26. The highest BCUT2D eigenvalue weighted by atomic mass is 31.2. The van der Waals surface area contributed by atoms with E-state index >= 15 is 0 Å². The molecule has 0 saturated heterocycles. The quantitative estimate of drug-likeness (QED) is 0.170. The summed E-state index contributed by atoms with van der Waals surface area (Å²) in [5, 5.41) is 0.250. The third kappa shape index (κ3) is 9.53. The normalized spacial score (nSPS) is 11.9. The third-order valence-corrected chi connectivity index (χ3v) is 5.99. The number of hydroxylamine groups is 2. The molecule has 39 heavy (non-hydrogen) atoms. The Labute approximate surface area is 227 Å². The van der Waals surface area contributed by atoms with E-state index in [0.717, 1.165) is 11.1 Å². The zero-order valence-corrected chi connectivity index (χ0v) is 22.7. The van der Waals surface area contributed by atoms with Crippen LogP contribution in [0.25, 0.3) is 0 Å². The molecule has 0 fully saturated rings. The van der Waals surface area contributed by atoms with E-state index in [0.29, 0.717) is 29.9 Å². The molecule has 0 heterocycles. The average Bonchev–Trinajstić information content (AvgIpc) is 2.93. The number of benzene rings is 3. The number of rotatable bonds is 13. The fourth-order valence-electron chi connectivity index (χ4n) is 3.73. The van der Waals surface area contributed by atoms with E-state index in [-0.39, 0.29) is 24.7 Å². The first-order valence-electron chi connectivity index (χ1n) is 12.4. The highest BCUT2D eigenvalue weighted by molar-refractivity contribution is 7.46. The van der Waals surface area contributed by atoms with Crippen molar-refractivity contribution in [1.82, 2.24) is 5.06 Å². The Morgan fingerprint density at radius 3 is 2.03 bits per heavy atom. The molecule has 1 amide bonds. The average molecular weight is 558 g/mol. The molecule has 0 spiro atoms. The summed E-state index contributed by atoms with van der Waals surface area (Å²) in [6.07, 6.45) is -0.762. The molecule has 3 aromatic carbocycles. The molecule has 208 valence electrons. The fourth-order valence-corrected chi connectivity index (χ4v) is 4.14. The minimum absolute atomic E-state index is 0.0294. The second-order valence-corrected chi connectivity index (χ2v) is 9.62. The van der Waals surface area contributed by atoms with Crippen LogP contribution in [0.2, 0.25) is 0 Å². The Hall–Kier alpha value is -3.69. The molecule has 0 aliphatic carbocycles. The van der Waals surface area contributed by atoms with Crippen molar-refractivity contribution in [3.63, 3.8) is 0 Å². The first-order valence-corrected chi connectivity index (χ1v) is 13.9. The molecule has 3 aromatic rings. The lowest BCUT2D eigenvalue weighted by Gasteiger charge is -2.28. The van der Waals surface area contributed by atoms with Crippen LogP contribution in [0.5, 0.6) is 5.75 Å². The van der Waals surface area contributed by atoms with Crippen molar-refractivity contribution in [3.05, 3.63) is 101 Å². The number of esters is 1. The van der Waals surface area contributed by atoms with E-state index in [9.17, 15) is 23.9 Å². The van der Waals surface area contributed by atoms with Crippen LogP contribution in [0, 0.1) is 0 Å². The standard InChI is InChI=1S/C28H32NO9P/c1-3-24-16-15-23(18-26(24)36-19-21-11-7-5-8-12-21)17-25(27(30)35-4-2)29(38-39(32,33)34)28(31)37-20-22-13-9-6-10-14-22/h5-16,18,25H,3-4,17,19-20H2,1-2H3,(H2,32,33,34)/t25-/m0/s1. The van der Waals surface area contributed by atoms with E-state index < -0.39 is 25.9 Å². The number of ether oxygens (including phenoxy) is 3. The third-order valence-electron chi connectivity index (χ3n) is 5.60. The number of nitrogens with zero attached hydrogens (tertiary/aromatic N) is 1. The molecule has 0 aliphatic heterocycles.